The van der Waals surface area contributed by atoms with Gasteiger partial charge in [0.25, 0.3) is 0 Å². The fourth-order valence-electron chi connectivity index (χ4n) is 0. The summed E-state index contributed by atoms with van der Waals surface area (Å²) < 4.78 is 8.06. The van der Waals surface area contributed by atoms with Gasteiger partial charge in [0.1, 0.15) is 0 Å². The zero-order valence-electron chi connectivity index (χ0n) is 1.66. The van der Waals surface area contributed by atoms with Crippen LogP contribution in [0.2, 0.25) is 0 Å². The molecule has 4 heteroatoms. The first-order valence-corrected chi connectivity index (χ1v) is 0.612. The predicted octanol–water partition coefficient (Wildman–Crippen LogP) is -6.49. The molecule has 0 unspecified atom stereocenters. The summed E-state index contributed by atoms with van der Waals surface area (Å²) in [5.41, 5.74) is 0. The zero-order chi connectivity index (χ0) is 2.00. The normalized spacial score (nSPS) is 1.50. The van der Waals surface area contributed by atoms with Crippen molar-refractivity contribution >= 4 is 10.1 Å². The summed E-state index contributed by atoms with van der Waals surface area (Å²) in [6.07, 6.45) is 0. The molecule has 0 spiro atoms. The molecule has 0 amide bonds. The van der Waals surface area contributed by atoms with Crippen molar-refractivity contribution in [3.05, 3.63) is 0 Å². The van der Waals surface area contributed by atoms with E-state index in [0.29, 0.717) is 0 Å². The summed E-state index contributed by atoms with van der Waals surface area (Å²) in [6.45, 7) is 0. The van der Waals surface area contributed by atoms with Gasteiger partial charge in [-0.2, -0.15) is 0 Å². The Morgan fingerprint density at radius 1 is 1.00 bits per heavy atom. The molecule has 4 heavy (non-hydrogen) atoms. The van der Waals surface area contributed by atoms with Gasteiger partial charge in [-0.15, -0.1) is 0 Å². The fraction of sp³-hybridized carbons (Fsp3) is 0. The first-order valence-electron chi connectivity index (χ1n) is 0.204. The van der Waals surface area contributed by atoms with E-state index < -0.39 is 0 Å². The van der Waals surface area contributed by atoms with E-state index in [-0.39, 0.29) is 24.8 Å². The van der Waals surface area contributed by atoms with Crippen LogP contribution in [0.3, 0.4) is 0 Å². The Morgan fingerprint density at radius 3 is 1.00 bits per heavy atom. The second kappa shape index (κ2) is 68.1. The van der Waals surface area contributed by atoms with E-state index in [1.165, 1.54) is 0 Å². The molecule has 0 saturated carbocycles. The number of rotatable bonds is 0. The van der Waals surface area contributed by atoms with Crippen molar-refractivity contribution in [2.45, 2.75) is 0 Å². The average molecular weight is 115 g/mol. The molecule has 0 aromatic heterocycles. The third-order valence-corrected chi connectivity index (χ3v) is 0. The molecule has 0 aliphatic carbocycles. The fourth-order valence-corrected chi connectivity index (χ4v) is 0. The van der Waals surface area contributed by atoms with E-state index in [2.05, 4.69) is 0 Å². The molecule has 0 heterocycles. The average Bonchev–Trinajstić information content (AvgIpc) is 1.00. The zero-order valence-corrected chi connectivity index (χ0v) is 4.18. The number of halogens is 2. The Balaban J connectivity index is -0.00000000500. The molecule has 0 bridgehead atoms. The maximum atomic E-state index is 8.06. The molecule has 24 valence electrons. The smallest absolute Gasteiger partial charge is 1.00 e. The molecule has 0 aromatic rings. The van der Waals surface area contributed by atoms with Crippen LogP contribution in [0, 0.1) is 0 Å². The van der Waals surface area contributed by atoms with Crippen LogP contribution < -0.4 is 24.8 Å². The summed E-state index contributed by atoms with van der Waals surface area (Å²) in [5, 5.41) is 0. The van der Waals surface area contributed by atoms with Gasteiger partial charge in [-0.3, -0.25) is 0 Å². The Kier molecular flexibility index (Phi) is 397. The van der Waals surface area contributed by atoms with Crippen LogP contribution in [-0.4, -0.2) is 10.1 Å². The van der Waals surface area contributed by atoms with Gasteiger partial charge in [-0.1, -0.05) is 0 Å². The number of hydrogen-bond donors (Lipinski definition) is 0. The van der Waals surface area contributed by atoms with Crippen molar-refractivity contribution in [1.29, 1.82) is 0 Å². The predicted molar refractivity (Wildman–Crippen MR) is 6.44 cm³/mol. The topological polar surface area (TPSA) is 17.1 Å². The quantitative estimate of drug-likeness (QED) is 0.287. The van der Waals surface area contributed by atoms with Crippen molar-refractivity contribution in [3.8, 4) is 0 Å². The van der Waals surface area contributed by atoms with Gasteiger partial charge in [0.05, 0.1) is 0 Å². The maximum absolute atomic E-state index is 8.06. The number of hydrogen-bond acceptors (Lipinski definition) is 1. The molecular weight excluding hydrogens is 115 g/mol. The van der Waals surface area contributed by atoms with E-state index in [1.807, 2.05) is 0 Å². The van der Waals surface area contributed by atoms with Crippen LogP contribution in [0.1, 0.15) is 0 Å². The molecule has 0 radical (unpaired) electrons. The summed E-state index contributed by atoms with van der Waals surface area (Å²) in [4.78, 5) is 0. The van der Waals surface area contributed by atoms with Crippen LogP contribution in [0.15, 0.2) is 0 Å². The molecule has 0 atom stereocenters. The minimum absolute atomic E-state index is 0. The first-order chi connectivity index (χ1) is 1.00. The van der Waals surface area contributed by atoms with E-state index in [9.17, 15) is 0 Å². The Morgan fingerprint density at radius 2 is 1.00 bits per heavy atom. The maximum Gasteiger partial charge on any atom is -1.00 e. The summed E-state index contributed by atoms with van der Waals surface area (Å²) in [7, 11) is 1.72. The van der Waals surface area contributed by atoms with Gasteiger partial charge in [0.2, 0.25) is 0 Å². The third-order valence-electron chi connectivity index (χ3n) is 0. The van der Waals surface area contributed by atoms with Crippen LogP contribution in [0.25, 0.3) is 0 Å². The third kappa shape index (κ3) is 18.6. The van der Waals surface area contributed by atoms with Gasteiger partial charge in [0, 0.05) is 0 Å². The summed E-state index contributed by atoms with van der Waals surface area (Å²) in [6, 6.07) is 0. The molecule has 0 fully saturated rings. The van der Waals surface area contributed by atoms with Crippen molar-refractivity contribution in [1.82, 2.24) is 0 Å². The van der Waals surface area contributed by atoms with Crippen molar-refractivity contribution in [2.75, 3.05) is 0 Å². The van der Waals surface area contributed by atoms with Gasteiger partial charge >= 0.3 is 14.6 Å². The van der Waals surface area contributed by atoms with Gasteiger partial charge in [-0.05, 0) is 0 Å². The van der Waals surface area contributed by atoms with Gasteiger partial charge < -0.3 is 24.8 Å². The molecule has 0 N–H and O–H groups in total. The standard InChI is InChI=1S/2ClH.OSi/c;;1-2/h2*1H;/q;;+2/p-2. The Labute approximate surface area is 40.1 Å². The molecule has 0 aliphatic heterocycles. The van der Waals surface area contributed by atoms with E-state index in [4.69, 9.17) is 4.46 Å². The van der Waals surface area contributed by atoms with Crippen molar-refractivity contribution in [3.63, 3.8) is 0 Å². The van der Waals surface area contributed by atoms with Crippen LogP contribution in [0.5, 0.6) is 0 Å². The van der Waals surface area contributed by atoms with Crippen LogP contribution in [0.4, 0.5) is 0 Å². The van der Waals surface area contributed by atoms with E-state index in [1.54, 1.807) is 10.1 Å². The minimum atomic E-state index is 0. The summed E-state index contributed by atoms with van der Waals surface area (Å²) in [5.74, 6) is 0. The summed E-state index contributed by atoms with van der Waals surface area (Å²) >= 11 is 0. The largest absolute Gasteiger partial charge is 1.00 e. The molecule has 0 aromatic carbocycles. The SMILES string of the molecule is O=[Si+2].[Cl-].[Cl-]. The minimum Gasteiger partial charge on any atom is -1.00 e. The van der Waals surface area contributed by atoms with E-state index in [0.717, 1.165) is 0 Å². The van der Waals surface area contributed by atoms with Crippen LogP contribution >= 0.6 is 0 Å². The first kappa shape index (κ1) is 23.3. The molecule has 0 rings (SSSR count). The molecule has 1 nitrogen and oxygen atoms in total. The monoisotopic (exact) mass is 114 g/mol. The molecular formula is Cl2OSi. The Bertz CT molecular complexity index is 6.00. The molecule has 0 aliphatic rings. The van der Waals surface area contributed by atoms with Crippen LogP contribution in [-0.2, 0) is 4.46 Å². The second-order valence-corrected chi connectivity index (χ2v) is 0. The van der Waals surface area contributed by atoms with E-state index >= 15 is 0 Å². The second-order valence-electron chi connectivity index (χ2n) is 0. The Hall–Kier alpha value is 0.597. The van der Waals surface area contributed by atoms with Crippen molar-refractivity contribution in [2.24, 2.45) is 0 Å². The molecule has 0 saturated heterocycles. The van der Waals surface area contributed by atoms with Gasteiger partial charge in [0.15, 0.2) is 0 Å². The van der Waals surface area contributed by atoms with Gasteiger partial charge in [-0.25, -0.2) is 0 Å². The van der Waals surface area contributed by atoms with Crippen molar-refractivity contribution < 1.29 is 29.3 Å².